The lowest BCUT2D eigenvalue weighted by Crippen LogP contribution is -2.16. The number of benzene rings is 3. The highest BCUT2D eigenvalue weighted by atomic mass is 35.5. The minimum atomic E-state index is -0.646. The van der Waals surface area contributed by atoms with E-state index in [9.17, 15) is 9.59 Å². The van der Waals surface area contributed by atoms with Gasteiger partial charge in [-0.05, 0) is 78.8 Å². The van der Waals surface area contributed by atoms with Crippen molar-refractivity contribution in [2.75, 3.05) is 12.4 Å². The molecule has 1 heterocycles. The van der Waals surface area contributed by atoms with Gasteiger partial charge in [0.25, 0.3) is 0 Å². The van der Waals surface area contributed by atoms with Crippen molar-refractivity contribution in [3.8, 4) is 22.3 Å². The van der Waals surface area contributed by atoms with Crippen LogP contribution in [0.4, 0.5) is 10.5 Å². The van der Waals surface area contributed by atoms with Crippen molar-refractivity contribution in [3.63, 3.8) is 0 Å². The maximum atomic E-state index is 12.7. The molecule has 1 unspecified atom stereocenters. The molecule has 38 heavy (non-hydrogen) atoms. The molecule has 192 valence electrons. The first-order chi connectivity index (χ1) is 18.3. The summed E-state index contributed by atoms with van der Waals surface area (Å²) in [4.78, 5) is 25.5. The monoisotopic (exact) mass is 544 g/mol. The van der Waals surface area contributed by atoms with Crippen LogP contribution in [-0.4, -0.2) is 23.5 Å². The molecule has 1 atom stereocenters. The van der Waals surface area contributed by atoms with Gasteiger partial charge < -0.3 is 9.47 Å². The second-order valence-corrected chi connectivity index (χ2v) is 10.4. The molecule has 1 aliphatic rings. The lowest BCUT2D eigenvalue weighted by atomic mass is 10.0. The largest absolute Gasteiger partial charge is 0.468 e. The quantitative estimate of drug-likeness (QED) is 0.207. The van der Waals surface area contributed by atoms with E-state index in [0.29, 0.717) is 16.4 Å². The third kappa shape index (κ3) is 5.24. The van der Waals surface area contributed by atoms with Crippen molar-refractivity contribution >= 4 is 51.7 Å². The number of rotatable bonds is 5. The van der Waals surface area contributed by atoms with Gasteiger partial charge in [0.1, 0.15) is 11.5 Å². The fraction of sp³-hybridized carbons (Fsp3) is 0.233. The van der Waals surface area contributed by atoms with E-state index >= 15 is 0 Å². The van der Waals surface area contributed by atoms with Crippen molar-refractivity contribution in [1.29, 1.82) is 0 Å². The van der Waals surface area contributed by atoms with E-state index in [1.54, 1.807) is 13.0 Å². The highest BCUT2D eigenvalue weighted by molar-refractivity contribution is 7.10. The van der Waals surface area contributed by atoms with E-state index in [1.807, 2.05) is 55.5 Å². The van der Waals surface area contributed by atoms with E-state index in [4.69, 9.17) is 21.1 Å². The third-order valence-electron chi connectivity index (χ3n) is 6.59. The number of methoxy groups -OCH3 is 1. The summed E-state index contributed by atoms with van der Waals surface area (Å²) in [7, 11) is 1.40. The number of nitrogens with one attached hydrogen (secondary N) is 1. The first kappa shape index (κ1) is 25.8. The van der Waals surface area contributed by atoms with Gasteiger partial charge in [0.15, 0.2) is 0 Å². The molecule has 1 fully saturated rings. The van der Waals surface area contributed by atoms with E-state index in [-0.39, 0.29) is 5.97 Å². The van der Waals surface area contributed by atoms with Gasteiger partial charge in [0.2, 0.25) is 0 Å². The number of anilines is 1. The van der Waals surface area contributed by atoms with Crippen molar-refractivity contribution in [2.24, 2.45) is 5.41 Å². The predicted molar refractivity (Wildman–Crippen MR) is 150 cm³/mol. The number of amides is 1. The Morgan fingerprint density at radius 2 is 1.84 bits per heavy atom. The first-order valence-electron chi connectivity index (χ1n) is 12.1. The van der Waals surface area contributed by atoms with Crippen molar-refractivity contribution < 1.29 is 19.1 Å². The Hall–Kier alpha value is -3.86. The number of carbonyl (C=O) groups excluding carboxylic acids is 2. The molecule has 1 aromatic heterocycles. The number of fused-ring (bicyclic) bond motifs is 1. The zero-order valence-corrected chi connectivity index (χ0v) is 22.7. The summed E-state index contributed by atoms with van der Waals surface area (Å²) in [6, 6.07) is 19.3. The Balaban J connectivity index is 1.35. The van der Waals surface area contributed by atoms with E-state index in [0.717, 1.165) is 45.2 Å². The zero-order valence-electron chi connectivity index (χ0n) is 21.1. The number of esters is 1. The number of carbonyl (C=O) groups is 2. The van der Waals surface area contributed by atoms with Crippen molar-refractivity contribution in [1.82, 2.24) is 4.37 Å². The lowest BCUT2D eigenvalue weighted by molar-refractivity contribution is -0.144. The minimum absolute atomic E-state index is 0.262. The molecule has 5 rings (SSSR count). The molecule has 1 saturated carbocycles. The van der Waals surface area contributed by atoms with Crippen LogP contribution in [-0.2, 0) is 14.3 Å². The number of hydrogen-bond acceptors (Lipinski definition) is 6. The highest BCUT2D eigenvalue weighted by Crippen LogP contribution is 2.46. The Labute approximate surface area is 230 Å². The molecule has 1 aliphatic carbocycles. The van der Waals surface area contributed by atoms with Gasteiger partial charge in [0.05, 0.1) is 23.4 Å². The number of aromatic nitrogens is 1. The molecule has 0 spiro atoms. The predicted octanol–water partition coefficient (Wildman–Crippen LogP) is 7.54. The number of nitrogens with zero attached hydrogens (tertiary/aromatic N) is 1. The Morgan fingerprint density at radius 3 is 2.58 bits per heavy atom. The third-order valence-corrected chi connectivity index (χ3v) is 7.92. The maximum absolute atomic E-state index is 12.7. The SMILES string of the molecule is COC(=O)C1(C#Cc2ccc3cc(-c4snc(C)c4NC(=O)OC(C)c4ccccc4Cl)ccc3c2)CC1. The zero-order chi connectivity index (χ0) is 26.9. The van der Waals surface area contributed by atoms with Crippen LogP contribution in [0.1, 0.15) is 42.7 Å². The molecule has 4 aromatic rings. The highest BCUT2D eigenvalue weighted by Gasteiger charge is 2.50. The van der Waals surface area contributed by atoms with Gasteiger partial charge in [-0.3, -0.25) is 10.1 Å². The minimum Gasteiger partial charge on any atom is -0.468 e. The average Bonchev–Trinajstić information content (AvgIpc) is 3.63. The van der Waals surface area contributed by atoms with Crippen LogP contribution in [0.25, 0.3) is 21.2 Å². The molecule has 0 radical (unpaired) electrons. The Bertz CT molecular complexity index is 1610. The summed E-state index contributed by atoms with van der Waals surface area (Å²) in [5.74, 6) is 5.98. The molecule has 0 bridgehead atoms. The maximum Gasteiger partial charge on any atom is 0.412 e. The van der Waals surface area contributed by atoms with Crippen LogP contribution in [0.2, 0.25) is 5.02 Å². The molecule has 1 amide bonds. The Kier molecular flexibility index (Phi) is 7.11. The van der Waals surface area contributed by atoms with E-state index in [2.05, 4.69) is 27.6 Å². The van der Waals surface area contributed by atoms with E-state index < -0.39 is 17.6 Å². The fourth-order valence-corrected chi connectivity index (χ4v) is 5.36. The fourth-order valence-electron chi connectivity index (χ4n) is 4.23. The number of halogens is 1. The lowest BCUT2D eigenvalue weighted by Gasteiger charge is -2.16. The van der Waals surface area contributed by atoms with Gasteiger partial charge in [-0.1, -0.05) is 59.8 Å². The summed E-state index contributed by atoms with van der Waals surface area (Å²) in [5.41, 5.74) is 3.18. The molecule has 0 saturated heterocycles. The summed E-state index contributed by atoms with van der Waals surface area (Å²) >= 11 is 7.56. The molecule has 0 aliphatic heterocycles. The summed E-state index contributed by atoms with van der Waals surface area (Å²) in [6.07, 6.45) is 0.382. The van der Waals surface area contributed by atoms with Crippen molar-refractivity contribution in [2.45, 2.75) is 32.8 Å². The van der Waals surface area contributed by atoms with E-state index in [1.165, 1.54) is 18.6 Å². The standard InChI is InChI=1S/C30H25ClN2O4S/c1-18-26(32-29(35)37-19(2)24-6-4-5-7-25(24)31)27(38-33-18)23-11-10-21-16-20(8-9-22(21)17-23)12-13-30(14-15-30)28(34)36-3/h4-11,16-17,19H,14-15H2,1-3H3,(H,32,35). The molecule has 3 aromatic carbocycles. The van der Waals surface area contributed by atoms with Gasteiger partial charge in [0, 0.05) is 16.1 Å². The topological polar surface area (TPSA) is 77.5 Å². The smallest absolute Gasteiger partial charge is 0.412 e. The molecular weight excluding hydrogens is 520 g/mol. The van der Waals surface area contributed by atoms with Gasteiger partial charge in [-0.2, -0.15) is 4.37 Å². The second kappa shape index (κ2) is 10.5. The van der Waals surface area contributed by atoms with Crippen LogP contribution in [0.3, 0.4) is 0 Å². The van der Waals surface area contributed by atoms with Crippen LogP contribution in [0, 0.1) is 24.2 Å². The van der Waals surface area contributed by atoms with Gasteiger partial charge in [-0.25, -0.2) is 4.79 Å². The van der Waals surface area contributed by atoms with Gasteiger partial charge in [-0.15, -0.1) is 0 Å². The first-order valence-corrected chi connectivity index (χ1v) is 13.3. The van der Waals surface area contributed by atoms with Crippen LogP contribution >= 0.6 is 23.1 Å². The average molecular weight is 545 g/mol. The molecular formula is C30H25ClN2O4S. The van der Waals surface area contributed by atoms with Crippen LogP contribution in [0.5, 0.6) is 0 Å². The number of ether oxygens (including phenoxy) is 2. The number of aryl methyl sites for hydroxylation is 1. The van der Waals surface area contributed by atoms with Gasteiger partial charge >= 0.3 is 12.1 Å². The second-order valence-electron chi connectivity index (χ2n) is 9.27. The summed E-state index contributed by atoms with van der Waals surface area (Å²) in [6.45, 7) is 3.63. The normalized spacial score (nSPS) is 14.2. The van der Waals surface area contributed by atoms with Crippen LogP contribution < -0.4 is 5.32 Å². The Morgan fingerprint density at radius 1 is 1.11 bits per heavy atom. The summed E-state index contributed by atoms with van der Waals surface area (Å²) in [5, 5.41) is 5.46. The number of hydrogen-bond donors (Lipinski definition) is 1. The summed E-state index contributed by atoms with van der Waals surface area (Å²) < 4.78 is 14.9. The van der Waals surface area contributed by atoms with Crippen molar-refractivity contribution in [3.05, 3.63) is 82.5 Å². The molecule has 8 heteroatoms. The molecule has 6 nitrogen and oxygen atoms in total. The molecule has 1 N–H and O–H groups in total. The van der Waals surface area contributed by atoms with Crippen LogP contribution in [0.15, 0.2) is 60.7 Å².